The van der Waals surface area contributed by atoms with E-state index in [1.165, 1.54) is 0 Å². The zero-order valence-electron chi connectivity index (χ0n) is 10.5. The van der Waals surface area contributed by atoms with Crippen molar-refractivity contribution < 1.29 is 0 Å². The summed E-state index contributed by atoms with van der Waals surface area (Å²) in [5.74, 6) is 0. The van der Waals surface area contributed by atoms with Gasteiger partial charge >= 0.3 is 0 Å². The van der Waals surface area contributed by atoms with Crippen LogP contribution in [-0.4, -0.2) is 6.54 Å². The summed E-state index contributed by atoms with van der Waals surface area (Å²) in [6.07, 6.45) is 0. The fourth-order valence-electron chi connectivity index (χ4n) is 2.03. The van der Waals surface area contributed by atoms with Gasteiger partial charge in [-0.1, -0.05) is 58.2 Å². The number of nitrogens with one attached hydrogen (secondary N) is 1. The van der Waals surface area contributed by atoms with Gasteiger partial charge in [0.25, 0.3) is 0 Å². The average Bonchev–Trinajstić information content (AvgIpc) is 2.39. The van der Waals surface area contributed by atoms with Crippen molar-refractivity contribution in [3.8, 4) is 0 Å². The Morgan fingerprint density at radius 2 is 1.95 bits per heavy atom. The fraction of sp³-hybridized carbons (Fsp3) is 0.200. The highest BCUT2D eigenvalue weighted by Crippen LogP contribution is 2.31. The number of rotatable bonds is 4. The normalized spacial score (nSPS) is 12.4. The summed E-state index contributed by atoms with van der Waals surface area (Å²) in [4.78, 5) is 0. The zero-order valence-corrected chi connectivity index (χ0v) is 13.6. The molecule has 0 fully saturated rings. The van der Waals surface area contributed by atoms with Gasteiger partial charge < -0.3 is 5.32 Å². The first-order chi connectivity index (χ1) is 9.11. The molecule has 1 unspecified atom stereocenters. The summed E-state index contributed by atoms with van der Waals surface area (Å²) in [6.45, 7) is 2.92. The van der Waals surface area contributed by atoms with Gasteiger partial charge in [-0.3, -0.25) is 0 Å². The van der Waals surface area contributed by atoms with Crippen molar-refractivity contribution in [2.75, 3.05) is 6.54 Å². The Balaban J connectivity index is 2.48. The fourth-order valence-corrected chi connectivity index (χ4v) is 2.84. The number of benzene rings is 2. The number of halogens is 3. The average molecular weight is 359 g/mol. The maximum atomic E-state index is 6.32. The molecular formula is C15H14BrCl2N. The molecule has 19 heavy (non-hydrogen) atoms. The molecule has 0 saturated carbocycles. The monoisotopic (exact) mass is 357 g/mol. The van der Waals surface area contributed by atoms with E-state index in [2.05, 4.69) is 34.2 Å². The molecule has 0 bridgehead atoms. The second-order valence-corrected chi connectivity index (χ2v) is 5.97. The molecular weight excluding hydrogens is 345 g/mol. The van der Waals surface area contributed by atoms with Gasteiger partial charge in [-0.25, -0.2) is 0 Å². The first-order valence-corrected chi connectivity index (χ1v) is 7.60. The third-order valence-corrected chi connectivity index (χ3v) is 3.93. The van der Waals surface area contributed by atoms with E-state index in [1.54, 1.807) is 0 Å². The van der Waals surface area contributed by atoms with E-state index in [4.69, 9.17) is 23.2 Å². The van der Waals surface area contributed by atoms with Gasteiger partial charge in [-0.15, -0.1) is 0 Å². The summed E-state index contributed by atoms with van der Waals surface area (Å²) >= 11 is 15.9. The Labute approximate surface area is 132 Å². The van der Waals surface area contributed by atoms with Gasteiger partial charge in [0.2, 0.25) is 0 Å². The van der Waals surface area contributed by atoms with Crippen LogP contribution in [0.4, 0.5) is 0 Å². The van der Waals surface area contributed by atoms with E-state index in [9.17, 15) is 0 Å². The lowest BCUT2D eigenvalue weighted by Gasteiger charge is -2.20. The standard InChI is InChI=1S/C15H14BrCl2N/c1-2-19-15(10-4-3-5-12(17)8-10)13-9-11(16)6-7-14(13)18/h3-9,15,19H,2H2,1H3. The van der Waals surface area contributed by atoms with E-state index in [1.807, 2.05) is 36.4 Å². The van der Waals surface area contributed by atoms with E-state index in [0.29, 0.717) is 0 Å². The first kappa shape index (κ1) is 14.9. The lowest BCUT2D eigenvalue weighted by molar-refractivity contribution is 0.630. The Hall–Kier alpha value is -0.540. The lowest BCUT2D eigenvalue weighted by Crippen LogP contribution is -2.22. The zero-order chi connectivity index (χ0) is 13.8. The third-order valence-electron chi connectivity index (χ3n) is 2.86. The SMILES string of the molecule is CCNC(c1cccc(Cl)c1)c1cc(Br)ccc1Cl. The van der Waals surface area contributed by atoms with Crippen LogP contribution in [0.5, 0.6) is 0 Å². The van der Waals surface area contributed by atoms with Crippen LogP contribution < -0.4 is 5.32 Å². The van der Waals surface area contributed by atoms with Crippen LogP contribution in [-0.2, 0) is 0 Å². The van der Waals surface area contributed by atoms with Gasteiger partial charge in [0.15, 0.2) is 0 Å². The molecule has 0 amide bonds. The molecule has 0 heterocycles. The Morgan fingerprint density at radius 3 is 2.63 bits per heavy atom. The molecule has 100 valence electrons. The van der Waals surface area contributed by atoms with Gasteiger partial charge in [0, 0.05) is 14.5 Å². The maximum Gasteiger partial charge on any atom is 0.0592 e. The molecule has 0 spiro atoms. The summed E-state index contributed by atoms with van der Waals surface area (Å²) in [5, 5.41) is 4.92. The molecule has 0 aliphatic rings. The highest BCUT2D eigenvalue weighted by molar-refractivity contribution is 9.10. The molecule has 1 N–H and O–H groups in total. The third kappa shape index (κ3) is 3.73. The minimum absolute atomic E-state index is 0.0358. The largest absolute Gasteiger partial charge is 0.306 e. The molecule has 2 aromatic rings. The molecule has 0 aromatic heterocycles. The van der Waals surface area contributed by atoms with Crippen molar-refractivity contribution in [1.82, 2.24) is 5.32 Å². The van der Waals surface area contributed by atoms with E-state index in [-0.39, 0.29) is 6.04 Å². The van der Waals surface area contributed by atoms with Crippen molar-refractivity contribution in [3.63, 3.8) is 0 Å². The van der Waals surface area contributed by atoms with E-state index >= 15 is 0 Å². The Kier molecular flexibility index (Phi) is 5.28. The highest BCUT2D eigenvalue weighted by atomic mass is 79.9. The van der Waals surface area contributed by atoms with Crippen LogP contribution in [0.3, 0.4) is 0 Å². The van der Waals surface area contributed by atoms with Crippen LogP contribution in [0.2, 0.25) is 10.0 Å². The molecule has 1 atom stereocenters. The molecule has 0 saturated heterocycles. The molecule has 0 radical (unpaired) electrons. The molecule has 1 nitrogen and oxygen atoms in total. The lowest BCUT2D eigenvalue weighted by atomic mass is 9.98. The summed E-state index contributed by atoms with van der Waals surface area (Å²) < 4.78 is 1.01. The van der Waals surface area contributed by atoms with E-state index in [0.717, 1.165) is 32.2 Å². The van der Waals surface area contributed by atoms with Gasteiger partial charge in [-0.2, -0.15) is 0 Å². The van der Waals surface area contributed by atoms with Gasteiger partial charge in [-0.05, 0) is 48.0 Å². The topological polar surface area (TPSA) is 12.0 Å². The van der Waals surface area contributed by atoms with Gasteiger partial charge in [0.05, 0.1) is 6.04 Å². The van der Waals surface area contributed by atoms with Crippen LogP contribution in [0.1, 0.15) is 24.1 Å². The smallest absolute Gasteiger partial charge is 0.0592 e. The maximum absolute atomic E-state index is 6.32. The van der Waals surface area contributed by atoms with Crippen molar-refractivity contribution in [3.05, 3.63) is 68.1 Å². The Bertz CT molecular complexity index is 572. The van der Waals surface area contributed by atoms with Crippen molar-refractivity contribution >= 4 is 39.1 Å². The van der Waals surface area contributed by atoms with Crippen molar-refractivity contribution in [2.24, 2.45) is 0 Å². The van der Waals surface area contributed by atoms with Crippen molar-refractivity contribution in [2.45, 2.75) is 13.0 Å². The Morgan fingerprint density at radius 1 is 1.16 bits per heavy atom. The number of hydrogen-bond acceptors (Lipinski definition) is 1. The second-order valence-electron chi connectivity index (χ2n) is 4.21. The van der Waals surface area contributed by atoms with Crippen LogP contribution >= 0.6 is 39.1 Å². The molecule has 2 rings (SSSR count). The minimum Gasteiger partial charge on any atom is -0.306 e. The van der Waals surface area contributed by atoms with Crippen LogP contribution in [0.15, 0.2) is 46.9 Å². The van der Waals surface area contributed by atoms with Gasteiger partial charge in [0.1, 0.15) is 0 Å². The molecule has 4 heteroatoms. The van der Waals surface area contributed by atoms with E-state index < -0.39 is 0 Å². The molecule has 2 aromatic carbocycles. The first-order valence-electron chi connectivity index (χ1n) is 6.05. The summed E-state index contributed by atoms with van der Waals surface area (Å²) in [7, 11) is 0. The quantitative estimate of drug-likeness (QED) is 0.765. The second kappa shape index (κ2) is 6.76. The van der Waals surface area contributed by atoms with Crippen LogP contribution in [0.25, 0.3) is 0 Å². The predicted octanol–water partition coefficient (Wildman–Crippen LogP) is 5.45. The summed E-state index contributed by atoms with van der Waals surface area (Å²) in [6, 6.07) is 13.8. The van der Waals surface area contributed by atoms with Crippen molar-refractivity contribution in [1.29, 1.82) is 0 Å². The predicted molar refractivity (Wildman–Crippen MR) is 86.1 cm³/mol. The summed E-state index contributed by atoms with van der Waals surface area (Å²) in [5.41, 5.74) is 2.15. The molecule has 0 aliphatic carbocycles. The number of hydrogen-bond donors (Lipinski definition) is 1. The molecule has 0 aliphatic heterocycles. The highest BCUT2D eigenvalue weighted by Gasteiger charge is 2.16. The minimum atomic E-state index is 0.0358. The van der Waals surface area contributed by atoms with Crippen LogP contribution in [0, 0.1) is 0 Å².